The Kier molecular flexibility index (Phi) is 5.23. The first-order valence-electron chi connectivity index (χ1n) is 7.52. The zero-order valence-electron chi connectivity index (χ0n) is 13.8. The molecule has 0 unspecified atom stereocenters. The molecule has 0 aliphatic carbocycles. The van der Waals surface area contributed by atoms with Crippen molar-refractivity contribution in [1.29, 1.82) is 0 Å². The van der Waals surface area contributed by atoms with Gasteiger partial charge in [-0.25, -0.2) is 13.9 Å². The van der Waals surface area contributed by atoms with Crippen molar-refractivity contribution in [3.8, 4) is 28.6 Å². The lowest BCUT2D eigenvalue weighted by atomic mass is 10.1. The minimum atomic E-state index is -3.11. The number of benzene rings is 2. The maximum Gasteiger partial charge on any atom is 0.388 e. The van der Waals surface area contributed by atoms with E-state index in [0.717, 1.165) is 10.7 Å². The molecule has 0 atom stereocenters. The van der Waals surface area contributed by atoms with Crippen LogP contribution in [0.5, 0.6) is 17.4 Å². The Morgan fingerprint density at radius 1 is 1.22 bits per heavy atom. The normalized spacial score (nSPS) is 10.7. The van der Waals surface area contributed by atoms with Crippen LogP contribution in [0.3, 0.4) is 0 Å². The average molecular weight is 394 g/mol. The summed E-state index contributed by atoms with van der Waals surface area (Å²) in [5.41, 5.74) is -0.281. The van der Waals surface area contributed by atoms with Gasteiger partial charge >= 0.3 is 6.61 Å². The fourth-order valence-corrected chi connectivity index (χ4v) is 2.68. The van der Waals surface area contributed by atoms with E-state index < -0.39 is 18.3 Å². The van der Waals surface area contributed by atoms with Gasteiger partial charge < -0.3 is 9.47 Å². The first-order chi connectivity index (χ1) is 12.9. The number of para-hydroxylation sites is 1. The van der Waals surface area contributed by atoms with Crippen molar-refractivity contribution in [3.63, 3.8) is 0 Å². The number of hydrogen-bond donors (Lipinski definition) is 0. The summed E-state index contributed by atoms with van der Waals surface area (Å²) in [5.74, 6) is -0.690. The lowest BCUT2D eigenvalue weighted by molar-refractivity contribution is -0.0552. The molecule has 0 aliphatic rings. The van der Waals surface area contributed by atoms with Gasteiger partial charge in [0.2, 0.25) is 11.6 Å². The maximum atomic E-state index is 14.5. The van der Waals surface area contributed by atoms with Gasteiger partial charge in [-0.05, 0) is 24.3 Å². The van der Waals surface area contributed by atoms with Crippen molar-refractivity contribution in [2.75, 3.05) is 0 Å². The van der Waals surface area contributed by atoms with Gasteiger partial charge in [0.15, 0.2) is 0 Å². The number of ether oxygens (including phenoxy) is 2. The Morgan fingerprint density at radius 2 is 1.93 bits per heavy atom. The minimum absolute atomic E-state index is 0.0591. The summed E-state index contributed by atoms with van der Waals surface area (Å²) in [7, 11) is 1.33. The summed E-state index contributed by atoms with van der Waals surface area (Å²) in [4.78, 5) is 3.25. The molecular formula is C18H11ClF3N3O2. The zero-order chi connectivity index (χ0) is 19.6. The van der Waals surface area contributed by atoms with Crippen LogP contribution in [-0.2, 0) is 7.05 Å². The van der Waals surface area contributed by atoms with Gasteiger partial charge in [-0.1, -0.05) is 29.8 Å². The van der Waals surface area contributed by atoms with Crippen LogP contribution in [-0.4, -0.2) is 16.4 Å². The molecule has 0 saturated heterocycles. The standard InChI is InChI=1S/C18H11ClF3N3O2/c1-23-13-9-12(20)11(8-14(13)26-10-6-4-3-5-7-10)16-15(19)17(25(2)24-16)27-18(21)22/h3-9,18H,2H3. The largest absolute Gasteiger partial charge is 0.468 e. The highest BCUT2D eigenvalue weighted by Gasteiger charge is 2.24. The third kappa shape index (κ3) is 3.83. The van der Waals surface area contributed by atoms with Crippen molar-refractivity contribution < 1.29 is 22.6 Å². The van der Waals surface area contributed by atoms with E-state index in [0.29, 0.717) is 5.75 Å². The molecule has 0 aliphatic heterocycles. The first-order valence-corrected chi connectivity index (χ1v) is 7.90. The van der Waals surface area contributed by atoms with Crippen molar-refractivity contribution in [2.45, 2.75) is 6.61 Å². The molecule has 138 valence electrons. The second-order valence-corrected chi connectivity index (χ2v) is 5.67. The highest BCUT2D eigenvalue weighted by Crippen LogP contribution is 2.41. The van der Waals surface area contributed by atoms with Crippen LogP contribution in [0.15, 0.2) is 42.5 Å². The van der Waals surface area contributed by atoms with Crippen molar-refractivity contribution in [3.05, 3.63) is 64.7 Å². The van der Waals surface area contributed by atoms with Gasteiger partial charge in [-0.15, -0.1) is 0 Å². The van der Waals surface area contributed by atoms with Crippen LogP contribution in [0.4, 0.5) is 18.9 Å². The second kappa shape index (κ2) is 7.60. The predicted molar refractivity (Wildman–Crippen MR) is 93.0 cm³/mol. The van der Waals surface area contributed by atoms with Crippen molar-refractivity contribution in [1.82, 2.24) is 9.78 Å². The number of aryl methyl sites for hydroxylation is 1. The summed E-state index contributed by atoms with van der Waals surface area (Å²) < 4.78 is 50.5. The fourth-order valence-electron chi connectivity index (χ4n) is 2.38. The van der Waals surface area contributed by atoms with Crippen LogP contribution in [0, 0.1) is 12.4 Å². The van der Waals surface area contributed by atoms with E-state index in [2.05, 4.69) is 14.7 Å². The van der Waals surface area contributed by atoms with E-state index in [-0.39, 0.29) is 27.7 Å². The highest BCUT2D eigenvalue weighted by atomic mass is 35.5. The van der Waals surface area contributed by atoms with Crippen molar-refractivity contribution >= 4 is 17.3 Å². The van der Waals surface area contributed by atoms with E-state index in [1.807, 2.05) is 0 Å². The van der Waals surface area contributed by atoms with E-state index in [4.69, 9.17) is 22.9 Å². The number of halogens is 4. The Labute approximate surface area is 157 Å². The van der Waals surface area contributed by atoms with Crippen molar-refractivity contribution in [2.24, 2.45) is 7.05 Å². The second-order valence-electron chi connectivity index (χ2n) is 5.30. The molecule has 0 saturated carbocycles. The lowest BCUT2D eigenvalue weighted by Crippen LogP contribution is -2.06. The molecule has 0 fully saturated rings. The molecule has 0 N–H and O–H groups in total. The summed E-state index contributed by atoms with van der Waals surface area (Å²) in [6.07, 6.45) is 0. The number of alkyl halides is 2. The fraction of sp³-hybridized carbons (Fsp3) is 0.111. The van der Waals surface area contributed by atoms with Gasteiger partial charge in [0, 0.05) is 12.6 Å². The number of nitrogens with zero attached hydrogens (tertiary/aromatic N) is 3. The van der Waals surface area contributed by atoms with Gasteiger partial charge in [0.25, 0.3) is 0 Å². The molecule has 9 heteroatoms. The Hall–Kier alpha value is -3.18. The predicted octanol–water partition coefficient (Wildman–Crippen LogP) is 5.82. The monoisotopic (exact) mass is 393 g/mol. The quantitative estimate of drug-likeness (QED) is 0.512. The SMILES string of the molecule is [C-]#[N+]c1cc(F)c(-c2nn(C)c(OC(F)F)c2Cl)cc1Oc1ccccc1. The van der Waals surface area contributed by atoms with Gasteiger partial charge in [0.1, 0.15) is 28.0 Å². The smallest absolute Gasteiger partial charge is 0.388 e. The molecule has 0 amide bonds. The molecule has 0 radical (unpaired) electrons. The molecule has 0 bridgehead atoms. The van der Waals surface area contributed by atoms with Gasteiger partial charge in [-0.3, -0.25) is 0 Å². The van der Waals surface area contributed by atoms with E-state index in [1.54, 1.807) is 30.3 Å². The molecule has 2 aromatic carbocycles. The number of hydrogen-bond acceptors (Lipinski definition) is 3. The number of rotatable bonds is 5. The van der Waals surface area contributed by atoms with E-state index >= 15 is 0 Å². The van der Waals surface area contributed by atoms with Gasteiger partial charge in [-0.2, -0.15) is 13.9 Å². The van der Waals surface area contributed by atoms with Crippen LogP contribution >= 0.6 is 11.6 Å². The maximum absolute atomic E-state index is 14.5. The number of aromatic nitrogens is 2. The molecule has 5 nitrogen and oxygen atoms in total. The van der Waals surface area contributed by atoms with Crippen LogP contribution in [0.25, 0.3) is 16.1 Å². The van der Waals surface area contributed by atoms with Crippen LogP contribution in [0.1, 0.15) is 0 Å². The Balaban J connectivity index is 2.09. The third-order valence-electron chi connectivity index (χ3n) is 3.54. The molecule has 1 aromatic heterocycles. The molecule has 3 rings (SSSR count). The molecule has 3 aromatic rings. The highest BCUT2D eigenvalue weighted by molar-refractivity contribution is 6.34. The Morgan fingerprint density at radius 3 is 2.56 bits per heavy atom. The minimum Gasteiger partial charge on any atom is -0.468 e. The summed E-state index contributed by atoms with van der Waals surface area (Å²) >= 11 is 6.06. The molecular weight excluding hydrogens is 383 g/mol. The zero-order valence-corrected chi connectivity index (χ0v) is 14.5. The topological polar surface area (TPSA) is 40.6 Å². The first kappa shape index (κ1) is 18.6. The molecule has 27 heavy (non-hydrogen) atoms. The summed E-state index contributed by atoms with van der Waals surface area (Å²) in [5, 5.41) is 3.67. The Bertz CT molecular complexity index is 1020. The third-order valence-corrected chi connectivity index (χ3v) is 3.88. The van der Waals surface area contributed by atoms with Gasteiger partial charge in [0.05, 0.1) is 6.57 Å². The summed E-state index contributed by atoms with van der Waals surface area (Å²) in [6, 6.07) is 10.8. The van der Waals surface area contributed by atoms with Crippen LogP contribution < -0.4 is 9.47 Å². The van der Waals surface area contributed by atoms with Crippen LogP contribution in [0.2, 0.25) is 5.02 Å². The summed E-state index contributed by atoms with van der Waals surface area (Å²) in [6.45, 7) is 4.09. The van der Waals surface area contributed by atoms with E-state index in [9.17, 15) is 13.2 Å². The average Bonchev–Trinajstić information content (AvgIpc) is 2.91. The lowest BCUT2D eigenvalue weighted by Gasteiger charge is -2.10. The van der Waals surface area contributed by atoms with E-state index in [1.165, 1.54) is 13.1 Å². The molecule has 1 heterocycles. The molecule has 0 spiro atoms.